The number of aliphatic carboxylic acids is 1. The third kappa shape index (κ3) is 2.68. The molecule has 0 amide bonds. The molecular weight excluding hydrogens is 198 g/mol. The van der Waals surface area contributed by atoms with E-state index in [0.717, 1.165) is 26.2 Å². The van der Waals surface area contributed by atoms with E-state index in [1.165, 1.54) is 0 Å². The van der Waals surface area contributed by atoms with Crippen LogP contribution in [0.25, 0.3) is 0 Å². The number of hydrogen-bond donors (Lipinski definition) is 1. The third-order valence-corrected chi connectivity index (χ3v) is 3.06. The van der Waals surface area contributed by atoms with Crippen LogP contribution in [-0.2, 0) is 14.3 Å². The predicted octanol–water partition coefficient (Wildman–Crippen LogP) is -0.0492. The zero-order chi connectivity index (χ0) is 10.7. The summed E-state index contributed by atoms with van der Waals surface area (Å²) in [4.78, 5) is 13.0. The summed E-state index contributed by atoms with van der Waals surface area (Å²) in [6, 6.07) is 0.404. The van der Waals surface area contributed by atoms with E-state index in [2.05, 4.69) is 4.90 Å². The van der Waals surface area contributed by atoms with Crippen molar-refractivity contribution in [1.29, 1.82) is 0 Å². The molecule has 1 N–H and O–H groups in total. The molecule has 0 saturated carbocycles. The molecule has 2 fully saturated rings. The number of morpholine rings is 1. The van der Waals surface area contributed by atoms with Gasteiger partial charge in [0, 0.05) is 25.2 Å². The largest absolute Gasteiger partial charge is 0.481 e. The lowest BCUT2D eigenvalue weighted by atomic mass is 10.1. The van der Waals surface area contributed by atoms with Crippen LogP contribution in [0, 0.1) is 0 Å². The van der Waals surface area contributed by atoms with Crippen molar-refractivity contribution in [2.24, 2.45) is 0 Å². The second-order valence-electron chi connectivity index (χ2n) is 4.08. The van der Waals surface area contributed by atoms with Gasteiger partial charge in [-0.1, -0.05) is 0 Å². The number of hydrogen-bond acceptors (Lipinski definition) is 4. The van der Waals surface area contributed by atoms with Crippen LogP contribution in [0.4, 0.5) is 0 Å². The molecule has 2 aliphatic heterocycles. The Bertz CT molecular complexity index is 227. The highest BCUT2D eigenvalue weighted by molar-refractivity contribution is 5.67. The van der Waals surface area contributed by atoms with Gasteiger partial charge in [0.15, 0.2) is 0 Å². The van der Waals surface area contributed by atoms with E-state index < -0.39 is 5.97 Å². The number of carboxylic acids is 1. The number of ether oxygens (including phenoxy) is 2. The first kappa shape index (κ1) is 10.9. The van der Waals surface area contributed by atoms with Crippen LogP contribution in [0.5, 0.6) is 0 Å². The topological polar surface area (TPSA) is 59.0 Å². The molecule has 0 radical (unpaired) electrons. The Labute approximate surface area is 89.0 Å². The van der Waals surface area contributed by atoms with Gasteiger partial charge in [-0.15, -0.1) is 0 Å². The minimum Gasteiger partial charge on any atom is -0.481 e. The third-order valence-electron chi connectivity index (χ3n) is 3.06. The molecule has 0 spiro atoms. The second kappa shape index (κ2) is 4.92. The predicted molar refractivity (Wildman–Crippen MR) is 52.8 cm³/mol. The number of nitrogens with zero attached hydrogens (tertiary/aromatic N) is 1. The van der Waals surface area contributed by atoms with Crippen molar-refractivity contribution in [3.8, 4) is 0 Å². The lowest BCUT2D eigenvalue weighted by molar-refractivity contribution is -0.140. The van der Waals surface area contributed by atoms with E-state index in [1.54, 1.807) is 0 Å². The molecule has 2 saturated heterocycles. The number of carboxylic acid groups (broad SMARTS) is 1. The summed E-state index contributed by atoms with van der Waals surface area (Å²) in [5.74, 6) is -0.755. The van der Waals surface area contributed by atoms with Crippen molar-refractivity contribution in [1.82, 2.24) is 4.90 Å². The van der Waals surface area contributed by atoms with Gasteiger partial charge in [-0.05, 0) is 6.42 Å². The van der Waals surface area contributed by atoms with Gasteiger partial charge in [-0.25, -0.2) is 0 Å². The molecule has 2 aliphatic rings. The molecule has 15 heavy (non-hydrogen) atoms. The summed E-state index contributed by atoms with van der Waals surface area (Å²) in [5.41, 5.74) is 0. The molecule has 5 nitrogen and oxygen atoms in total. The fourth-order valence-corrected chi connectivity index (χ4v) is 2.31. The molecular formula is C10H17NO4. The van der Waals surface area contributed by atoms with E-state index in [0.29, 0.717) is 19.3 Å². The van der Waals surface area contributed by atoms with E-state index in [4.69, 9.17) is 14.6 Å². The van der Waals surface area contributed by atoms with Crippen molar-refractivity contribution >= 4 is 5.97 Å². The molecule has 0 aromatic carbocycles. The van der Waals surface area contributed by atoms with Crippen LogP contribution in [0.1, 0.15) is 12.8 Å². The van der Waals surface area contributed by atoms with Gasteiger partial charge >= 0.3 is 5.97 Å². The molecule has 0 bridgehead atoms. The molecule has 2 heterocycles. The first-order valence-electron chi connectivity index (χ1n) is 5.40. The van der Waals surface area contributed by atoms with Crippen LogP contribution < -0.4 is 0 Å². The summed E-state index contributed by atoms with van der Waals surface area (Å²) < 4.78 is 10.7. The highest BCUT2D eigenvalue weighted by Crippen LogP contribution is 2.19. The van der Waals surface area contributed by atoms with Gasteiger partial charge in [0.2, 0.25) is 0 Å². The molecule has 2 atom stereocenters. The molecule has 86 valence electrons. The summed E-state index contributed by atoms with van der Waals surface area (Å²) in [7, 11) is 0. The Morgan fingerprint density at radius 3 is 2.80 bits per heavy atom. The van der Waals surface area contributed by atoms with Crippen molar-refractivity contribution in [2.45, 2.75) is 24.9 Å². The maximum atomic E-state index is 10.7. The zero-order valence-electron chi connectivity index (χ0n) is 8.72. The SMILES string of the molecule is O=C(O)CC1COCCN1C1CCOC1. The number of rotatable bonds is 3. The molecule has 0 aromatic heterocycles. The average Bonchev–Trinajstić information content (AvgIpc) is 2.70. The van der Waals surface area contributed by atoms with E-state index in [9.17, 15) is 4.79 Å². The molecule has 0 aliphatic carbocycles. The van der Waals surface area contributed by atoms with Gasteiger partial charge in [-0.2, -0.15) is 0 Å². The Morgan fingerprint density at radius 2 is 2.13 bits per heavy atom. The van der Waals surface area contributed by atoms with Crippen LogP contribution >= 0.6 is 0 Å². The maximum absolute atomic E-state index is 10.7. The van der Waals surface area contributed by atoms with Crippen molar-refractivity contribution in [3.63, 3.8) is 0 Å². The van der Waals surface area contributed by atoms with Gasteiger partial charge < -0.3 is 14.6 Å². The van der Waals surface area contributed by atoms with Crippen LogP contribution in [-0.4, -0.2) is 61.0 Å². The fourth-order valence-electron chi connectivity index (χ4n) is 2.31. The van der Waals surface area contributed by atoms with Gasteiger partial charge in [0.05, 0.1) is 26.2 Å². The lowest BCUT2D eigenvalue weighted by Crippen LogP contribution is -2.51. The van der Waals surface area contributed by atoms with Gasteiger partial charge in [0.25, 0.3) is 0 Å². The van der Waals surface area contributed by atoms with Gasteiger partial charge in [-0.3, -0.25) is 9.69 Å². The average molecular weight is 215 g/mol. The standard InChI is InChI=1S/C10H17NO4/c12-10(13)5-9-7-15-4-2-11(9)8-1-3-14-6-8/h8-9H,1-7H2,(H,12,13). The monoisotopic (exact) mass is 215 g/mol. The maximum Gasteiger partial charge on any atom is 0.305 e. The van der Waals surface area contributed by atoms with Crippen LogP contribution in [0.15, 0.2) is 0 Å². The summed E-state index contributed by atoms with van der Waals surface area (Å²) in [6.45, 7) is 3.58. The summed E-state index contributed by atoms with van der Waals surface area (Å²) >= 11 is 0. The Balaban J connectivity index is 1.95. The zero-order valence-corrected chi connectivity index (χ0v) is 8.72. The fraction of sp³-hybridized carbons (Fsp3) is 0.900. The van der Waals surface area contributed by atoms with E-state index in [1.807, 2.05) is 0 Å². The highest BCUT2D eigenvalue weighted by Gasteiger charge is 2.32. The normalized spacial score (nSPS) is 33.1. The van der Waals surface area contributed by atoms with Gasteiger partial charge in [0.1, 0.15) is 0 Å². The first-order chi connectivity index (χ1) is 7.27. The Kier molecular flexibility index (Phi) is 3.56. The highest BCUT2D eigenvalue weighted by atomic mass is 16.5. The van der Waals surface area contributed by atoms with E-state index in [-0.39, 0.29) is 12.5 Å². The first-order valence-corrected chi connectivity index (χ1v) is 5.40. The minimum absolute atomic E-state index is 0.0166. The minimum atomic E-state index is -0.755. The second-order valence-corrected chi connectivity index (χ2v) is 4.08. The Morgan fingerprint density at radius 1 is 1.33 bits per heavy atom. The quantitative estimate of drug-likeness (QED) is 0.715. The lowest BCUT2D eigenvalue weighted by Gasteiger charge is -2.38. The Hall–Kier alpha value is -0.650. The smallest absolute Gasteiger partial charge is 0.305 e. The molecule has 0 aromatic rings. The summed E-state index contributed by atoms with van der Waals surface area (Å²) in [6.07, 6.45) is 1.17. The summed E-state index contributed by atoms with van der Waals surface area (Å²) in [5, 5.41) is 8.81. The van der Waals surface area contributed by atoms with Crippen molar-refractivity contribution < 1.29 is 19.4 Å². The molecule has 5 heteroatoms. The van der Waals surface area contributed by atoms with Crippen molar-refractivity contribution in [2.75, 3.05) is 33.0 Å². The number of carbonyl (C=O) groups is 1. The molecule has 2 unspecified atom stereocenters. The van der Waals surface area contributed by atoms with Crippen molar-refractivity contribution in [3.05, 3.63) is 0 Å². The molecule has 2 rings (SSSR count). The van der Waals surface area contributed by atoms with Crippen LogP contribution in [0.3, 0.4) is 0 Å². The van der Waals surface area contributed by atoms with E-state index >= 15 is 0 Å². The van der Waals surface area contributed by atoms with Crippen LogP contribution in [0.2, 0.25) is 0 Å².